The van der Waals surface area contributed by atoms with E-state index >= 15 is 0 Å². The molecule has 3 aromatic rings. The van der Waals surface area contributed by atoms with Crippen LogP contribution in [0.2, 0.25) is 5.02 Å². The van der Waals surface area contributed by atoms with E-state index < -0.39 is 21.8 Å². The summed E-state index contributed by atoms with van der Waals surface area (Å²) in [4.78, 5) is 31.2. The van der Waals surface area contributed by atoms with E-state index in [0.717, 1.165) is 37.3 Å². The highest BCUT2D eigenvalue weighted by Gasteiger charge is 2.29. The van der Waals surface area contributed by atoms with E-state index in [1.54, 1.807) is 36.4 Å². The van der Waals surface area contributed by atoms with Crippen molar-refractivity contribution in [1.29, 1.82) is 0 Å². The van der Waals surface area contributed by atoms with Crippen molar-refractivity contribution < 1.29 is 18.0 Å². The molecule has 1 atom stereocenters. The molecule has 2 heterocycles. The van der Waals surface area contributed by atoms with Gasteiger partial charge in [-0.1, -0.05) is 42.0 Å². The van der Waals surface area contributed by atoms with Crippen LogP contribution in [-0.4, -0.2) is 55.1 Å². The summed E-state index contributed by atoms with van der Waals surface area (Å²) in [6.07, 6.45) is 1.89. The number of thiazole rings is 1. The number of halogens is 1. The number of sulfone groups is 1. The quantitative estimate of drug-likeness (QED) is 0.519. The molecule has 1 aromatic heterocycles. The van der Waals surface area contributed by atoms with Crippen molar-refractivity contribution in [1.82, 2.24) is 15.2 Å². The molecule has 2 aromatic carbocycles. The molecule has 0 bridgehead atoms. The maximum absolute atomic E-state index is 13.0. The first kappa shape index (κ1) is 23.6. The largest absolute Gasteiger partial charge is 0.327 e. The molecule has 0 aliphatic carbocycles. The minimum Gasteiger partial charge on any atom is -0.300 e. The summed E-state index contributed by atoms with van der Waals surface area (Å²) in [5, 5.41) is 5.21. The molecule has 0 saturated carbocycles. The summed E-state index contributed by atoms with van der Waals surface area (Å²) < 4.78 is 26.6. The molecule has 4 rings (SSSR count). The Balaban J connectivity index is 1.46. The summed E-state index contributed by atoms with van der Waals surface area (Å²) in [5.41, 5.74) is 0.736. The van der Waals surface area contributed by atoms with Gasteiger partial charge in [0.1, 0.15) is 0 Å². The first-order valence-corrected chi connectivity index (χ1v) is 13.4. The maximum atomic E-state index is 13.0. The highest BCUT2D eigenvalue weighted by Crippen LogP contribution is 2.29. The second-order valence-corrected chi connectivity index (χ2v) is 11.2. The molecule has 8 nitrogen and oxygen atoms in total. The Bertz CT molecular complexity index is 1310. The van der Waals surface area contributed by atoms with Crippen molar-refractivity contribution in [2.75, 3.05) is 24.2 Å². The van der Waals surface area contributed by atoms with Gasteiger partial charge in [-0.25, -0.2) is 18.2 Å². The van der Waals surface area contributed by atoms with Crippen LogP contribution < -0.4 is 10.6 Å². The summed E-state index contributed by atoms with van der Waals surface area (Å²) in [6, 6.07) is 10.4. The van der Waals surface area contributed by atoms with Gasteiger partial charge in [-0.2, -0.15) is 0 Å². The van der Waals surface area contributed by atoms with Crippen LogP contribution in [0.15, 0.2) is 47.4 Å². The number of fused-ring (bicyclic) bond motifs is 1. The van der Waals surface area contributed by atoms with Crippen molar-refractivity contribution in [3.63, 3.8) is 0 Å². The van der Waals surface area contributed by atoms with E-state index in [9.17, 15) is 18.0 Å². The number of anilines is 1. The topological polar surface area (TPSA) is 108 Å². The Morgan fingerprint density at radius 3 is 2.79 bits per heavy atom. The van der Waals surface area contributed by atoms with Crippen LogP contribution in [0.5, 0.6) is 0 Å². The van der Waals surface area contributed by atoms with Gasteiger partial charge in [-0.3, -0.25) is 20.3 Å². The average molecular weight is 507 g/mol. The summed E-state index contributed by atoms with van der Waals surface area (Å²) in [6.45, 7) is 3.81. The molecule has 33 heavy (non-hydrogen) atoms. The lowest BCUT2D eigenvalue weighted by Crippen LogP contribution is -2.34. The van der Waals surface area contributed by atoms with E-state index in [1.807, 2.05) is 6.92 Å². The number of hydrogen-bond donors (Lipinski definition) is 2. The number of urea groups is 1. The van der Waals surface area contributed by atoms with E-state index in [2.05, 4.69) is 20.5 Å². The van der Waals surface area contributed by atoms with Gasteiger partial charge in [0.25, 0.3) is 5.91 Å². The lowest BCUT2D eigenvalue weighted by Gasteiger charge is -2.22. The fraction of sp³-hybridized carbons (Fsp3) is 0.318. The van der Waals surface area contributed by atoms with Gasteiger partial charge in [0, 0.05) is 6.04 Å². The van der Waals surface area contributed by atoms with Crippen molar-refractivity contribution >= 4 is 60.1 Å². The maximum Gasteiger partial charge on any atom is 0.327 e. The molecule has 11 heteroatoms. The number of benzene rings is 2. The first-order valence-electron chi connectivity index (χ1n) is 10.5. The molecule has 0 unspecified atom stereocenters. The molecular weight excluding hydrogens is 484 g/mol. The van der Waals surface area contributed by atoms with E-state index in [1.165, 1.54) is 6.07 Å². The normalized spacial score (nSPS) is 16.7. The Labute approximate surface area is 200 Å². The Kier molecular flexibility index (Phi) is 6.99. The number of aromatic nitrogens is 1. The number of carbonyl (C=O) groups excluding carboxylic acids is 2. The molecular formula is C22H23ClN4O4S2. The Morgan fingerprint density at radius 2 is 2.03 bits per heavy atom. The fourth-order valence-electron chi connectivity index (χ4n) is 3.95. The first-order chi connectivity index (χ1) is 15.8. The van der Waals surface area contributed by atoms with Gasteiger partial charge >= 0.3 is 6.03 Å². The molecule has 0 radical (unpaired) electrons. The van der Waals surface area contributed by atoms with E-state index in [-0.39, 0.29) is 32.4 Å². The third-order valence-corrected chi connectivity index (χ3v) is 8.66. The second-order valence-electron chi connectivity index (χ2n) is 7.74. The van der Waals surface area contributed by atoms with Crippen LogP contribution in [0.25, 0.3) is 10.2 Å². The predicted octanol–water partition coefficient (Wildman–Crippen LogP) is 4.17. The third-order valence-electron chi connectivity index (χ3n) is 5.60. The molecule has 1 aliphatic heterocycles. The van der Waals surface area contributed by atoms with Crippen molar-refractivity contribution in [2.45, 2.75) is 30.7 Å². The van der Waals surface area contributed by atoms with Gasteiger partial charge in [-0.05, 0) is 56.3 Å². The number of amides is 3. The van der Waals surface area contributed by atoms with Gasteiger partial charge in [0.2, 0.25) is 0 Å². The third kappa shape index (κ3) is 5.35. The van der Waals surface area contributed by atoms with Gasteiger partial charge in [-0.15, -0.1) is 0 Å². The van der Waals surface area contributed by atoms with E-state index in [0.29, 0.717) is 10.2 Å². The smallest absolute Gasteiger partial charge is 0.300 e. The zero-order chi connectivity index (χ0) is 23.6. The predicted molar refractivity (Wildman–Crippen MR) is 130 cm³/mol. The zero-order valence-electron chi connectivity index (χ0n) is 17.9. The molecule has 3 amide bonds. The number of nitrogens with zero attached hydrogens (tertiary/aromatic N) is 2. The number of rotatable bonds is 6. The SMILES string of the molecule is CCN1CCC[C@@H]1CS(=O)(=O)c1ccc2nc(NC(=O)NC(=O)c3ccccc3Cl)sc2c1. The summed E-state index contributed by atoms with van der Waals surface area (Å²) >= 11 is 7.12. The number of likely N-dealkylation sites (tertiary alicyclic amines) is 1. The lowest BCUT2D eigenvalue weighted by atomic mass is 10.2. The zero-order valence-corrected chi connectivity index (χ0v) is 20.3. The minimum absolute atomic E-state index is 0.0359. The van der Waals surface area contributed by atoms with Crippen LogP contribution in [0.1, 0.15) is 30.1 Å². The fourth-order valence-corrected chi connectivity index (χ4v) is 6.79. The Hall–Kier alpha value is -2.53. The number of carbonyl (C=O) groups is 2. The molecule has 0 spiro atoms. The molecule has 1 fully saturated rings. The molecule has 1 aliphatic rings. The standard InChI is InChI=1S/C22H23ClN4O4S2/c1-2-27-11-5-6-14(27)13-33(30,31)15-9-10-18-19(12-15)32-22(24-18)26-21(29)25-20(28)16-7-3-4-8-17(16)23/h3-4,7-10,12,14H,2,5-6,11,13H2,1H3,(H2,24,25,26,28,29)/t14-/m1/s1. The number of nitrogens with one attached hydrogen (secondary N) is 2. The van der Waals surface area contributed by atoms with Crippen molar-refractivity contribution in [2.24, 2.45) is 0 Å². The number of imide groups is 1. The molecule has 1 saturated heterocycles. The second kappa shape index (κ2) is 9.76. The van der Waals surface area contributed by atoms with Gasteiger partial charge < -0.3 is 0 Å². The number of hydrogen-bond acceptors (Lipinski definition) is 7. The highest BCUT2D eigenvalue weighted by molar-refractivity contribution is 7.91. The molecule has 2 N–H and O–H groups in total. The van der Waals surface area contributed by atoms with Crippen LogP contribution in [-0.2, 0) is 9.84 Å². The highest BCUT2D eigenvalue weighted by atomic mass is 35.5. The summed E-state index contributed by atoms with van der Waals surface area (Å²) in [5.74, 6) is -0.552. The van der Waals surface area contributed by atoms with Crippen LogP contribution >= 0.6 is 22.9 Å². The average Bonchev–Trinajstić information content (AvgIpc) is 3.38. The Morgan fingerprint density at radius 1 is 1.24 bits per heavy atom. The summed E-state index contributed by atoms with van der Waals surface area (Å²) in [7, 11) is -3.46. The van der Waals surface area contributed by atoms with Crippen molar-refractivity contribution in [3.05, 3.63) is 53.1 Å². The van der Waals surface area contributed by atoms with E-state index in [4.69, 9.17) is 11.6 Å². The van der Waals surface area contributed by atoms with Crippen LogP contribution in [0.3, 0.4) is 0 Å². The lowest BCUT2D eigenvalue weighted by molar-refractivity contribution is 0.0967. The van der Waals surface area contributed by atoms with Gasteiger partial charge in [0.15, 0.2) is 15.0 Å². The van der Waals surface area contributed by atoms with Gasteiger partial charge in [0.05, 0.1) is 31.5 Å². The van der Waals surface area contributed by atoms with Crippen LogP contribution in [0.4, 0.5) is 9.93 Å². The molecule has 174 valence electrons. The monoisotopic (exact) mass is 506 g/mol. The van der Waals surface area contributed by atoms with Crippen molar-refractivity contribution in [3.8, 4) is 0 Å². The minimum atomic E-state index is -3.46. The van der Waals surface area contributed by atoms with Crippen LogP contribution in [0, 0.1) is 0 Å².